The minimum absolute atomic E-state index is 0.591. The van der Waals surface area contributed by atoms with Crippen LogP contribution in [0.1, 0.15) is 5.69 Å². The molecule has 0 aromatic carbocycles. The van der Waals surface area contributed by atoms with Crippen LogP contribution in [-0.2, 0) is 22.2 Å². The number of aromatic nitrogens is 1. The second kappa shape index (κ2) is 3.82. The summed E-state index contributed by atoms with van der Waals surface area (Å²) in [6, 6.07) is 2.29. The summed E-state index contributed by atoms with van der Waals surface area (Å²) >= 11 is 0. The molecule has 0 bridgehead atoms. The van der Waals surface area contributed by atoms with Gasteiger partial charge in [0, 0.05) is 13.2 Å². The van der Waals surface area contributed by atoms with E-state index in [0.717, 1.165) is 17.7 Å². The lowest BCUT2D eigenvalue weighted by Gasteiger charge is -2.27. The quantitative estimate of drug-likeness (QED) is 0.779. The lowest BCUT2D eigenvalue weighted by molar-refractivity contribution is -0.268. The van der Waals surface area contributed by atoms with E-state index in [1.807, 2.05) is 0 Å². The Kier molecular flexibility index (Phi) is 3.00. The zero-order valence-corrected chi connectivity index (χ0v) is 8.58. The molecule has 0 amide bonds. The minimum Gasteiger partial charge on any atom is -0.466 e. The van der Waals surface area contributed by atoms with E-state index in [4.69, 9.17) is 0 Å². The smallest absolute Gasteiger partial charge is 0.434 e. The molecule has 0 saturated carbocycles. The maximum Gasteiger partial charge on any atom is 0.434 e. The second-order valence-electron chi connectivity index (χ2n) is 3.20. The topological polar surface area (TPSA) is 51.5 Å². The van der Waals surface area contributed by atoms with Gasteiger partial charge in [-0.15, -0.1) is 0 Å². The summed E-state index contributed by atoms with van der Waals surface area (Å²) < 4.78 is 43.2. The molecule has 7 heteroatoms. The number of hydrogen-bond donors (Lipinski definition) is 1. The van der Waals surface area contributed by atoms with Gasteiger partial charge in [-0.25, -0.2) is 4.79 Å². The summed E-state index contributed by atoms with van der Waals surface area (Å²) in [4.78, 5) is 11.1. The van der Waals surface area contributed by atoms with Crippen molar-refractivity contribution >= 4 is 5.97 Å². The van der Waals surface area contributed by atoms with Gasteiger partial charge in [-0.3, -0.25) is 0 Å². The zero-order valence-electron chi connectivity index (χ0n) is 8.58. The van der Waals surface area contributed by atoms with Crippen LogP contribution in [0.15, 0.2) is 18.3 Å². The summed E-state index contributed by atoms with van der Waals surface area (Å²) in [7, 11) is 2.07. The van der Waals surface area contributed by atoms with Crippen molar-refractivity contribution in [2.75, 3.05) is 7.11 Å². The molecule has 0 aliphatic heterocycles. The van der Waals surface area contributed by atoms with Gasteiger partial charge in [-0.1, -0.05) is 0 Å². The fourth-order valence-corrected chi connectivity index (χ4v) is 1.35. The van der Waals surface area contributed by atoms with E-state index in [1.165, 1.54) is 19.3 Å². The van der Waals surface area contributed by atoms with Gasteiger partial charge in [0.15, 0.2) is 0 Å². The Balaban J connectivity index is 3.38. The number of esters is 1. The van der Waals surface area contributed by atoms with Crippen LogP contribution in [-0.4, -0.2) is 28.9 Å². The first-order valence-corrected chi connectivity index (χ1v) is 4.24. The van der Waals surface area contributed by atoms with E-state index < -0.39 is 23.4 Å². The van der Waals surface area contributed by atoms with Gasteiger partial charge < -0.3 is 14.4 Å². The van der Waals surface area contributed by atoms with Crippen LogP contribution >= 0.6 is 0 Å². The molecule has 1 atom stereocenters. The maximum absolute atomic E-state index is 12.7. The number of rotatable bonds is 2. The van der Waals surface area contributed by atoms with Crippen LogP contribution in [0.2, 0.25) is 0 Å². The number of halogens is 3. The Bertz CT molecular complexity index is 399. The monoisotopic (exact) mass is 237 g/mol. The molecule has 0 spiro atoms. The summed E-state index contributed by atoms with van der Waals surface area (Å²) in [6.45, 7) is 0. The number of ether oxygens (including phenoxy) is 1. The molecule has 90 valence electrons. The average molecular weight is 237 g/mol. The van der Waals surface area contributed by atoms with Crippen molar-refractivity contribution in [2.24, 2.45) is 7.05 Å². The molecule has 1 heterocycles. The first-order valence-electron chi connectivity index (χ1n) is 4.24. The highest BCUT2D eigenvalue weighted by atomic mass is 19.4. The molecule has 0 radical (unpaired) electrons. The highest BCUT2D eigenvalue weighted by molar-refractivity contribution is 5.81. The van der Waals surface area contributed by atoms with E-state index in [0.29, 0.717) is 0 Å². The number of carbonyl (C=O) groups excluding carboxylic acids is 1. The Morgan fingerprint density at radius 2 is 2.06 bits per heavy atom. The number of carbonyl (C=O) groups is 1. The first-order chi connectivity index (χ1) is 7.25. The largest absolute Gasteiger partial charge is 0.466 e. The van der Waals surface area contributed by atoms with Crippen LogP contribution in [0.25, 0.3) is 0 Å². The molecule has 16 heavy (non-hydrogen) atoms. The molecule has 0 fully saturated rings. The Hall–Kier alpha value is -1.50. The van der Waals surface area contributed by atoms with Crippen molar-refractivity contribution in [2.45, 2.75) is 11.8 Å². The highest BCUT2D eigenvalue weighted by Crippen LogP contribution is 2.39. The van der Waals surface area contributed by atoms with Gasteiger partial charge >= 0.3 is 12.1 Å². The molecule has 0 saturated heterocycles. The van der Waals surface area contributed by atoms with E-state index in [1.54, 1.807) is 0 Å². The molecule has 1 rings (SSSR count). The zero-order chi connectivity index (χ0) is 12.6. The Labute approximate surface area is 89.2 Å². The third-order valence-electron chi connectivity index (χ3n) is 2.21. The first kappa shape index (κ1) is 12.6. The van der Waals surface area contributed by atoms with Crippen LogP contribution in [0.3, 0.4) is 0 Å². The molecule has 0 aliphatic carbocycles. The summed E-state index contributed by atoms with van der Waals surface area (Å²) in [6.07, 6.45) is -3.86. The van der Waals surface area contributed by atoms with Crippen molar-refractivity contribution in [1.29, 1.82) is 0 Å². The molecule has 1 aromatic rings. The van der Waals surface area contributed by atoms with Gasteiger partial charge in [0.25, 0.3) is 5.60 Å². The lowest BCUT2D eigenvalue weighted by atomic mass is 9.99. The van der Waals surface area contributed by atoms with Crippen molar-refractivity contribution in [3.63, 3.8) is 0 Å². The molecule has 1 unspecified atom stereocenters. The predicted molar refractivity (Wildman–Crippen MR) is 47.4 cm³/mol. The molecular formula is C9H10F3NO3. The van der Waals surface area contributed by atoms with Gasteiger partial charge in [0.1, 0.15) is 0 Å². The van der Waals surface area contributed by atoms with Gasteiger partial charge in [0.05, 0.1) is 12.8 Å². The highest BCUT2D eigenvalue weighted by Gasteiger charge is 2.63. The molecule has 0 aliphatic rings. The van der Waals surface area contributed by atoms with Gasteiger partial charge in [-0.2, -0.15) is 13.2 Å². The van der Waals surface area contributed by atoms with Gasteiger partial charge in [-0.05, 0) is 12.1 Å². The summed E-state index contributed by atoms with van der Waals surface area (Å²) in [5, 5.41) is 9.54. The number of nitrogens with zero attached hydrogens (tertiary/aromatic N) is 1. The number of alkyl halides is 3. The molecule has 1 aromatic heterocycles. The van der Waals surface area contributed by atoms with Crippen LogP contribution < -0.4 is 0 Å². The van der Waals surface area contributed by atoms with Crippen molar-refractivity contribution < 1.29 is 27.8 Å². The average Bonchev–Trinajstić information content (AvgIpc) is 2.60. The third kappa shape index (κ3) is 1.67. The van der Waals surface area contributed by atoms with Crippen molar-refractivity contribution in [1.82, 2.24) is 4.57 Å². The SMILES string of the molecule is COC(=O)C(O)(c1cccn1C)C(F)(F)F. The summed E-state index contributed by atoms with van der Waals surface area (Å²) in [5.41, 5.74) is -4.23. The van der Waals surface area contributed by atoms with Crippen molar-refractivity contribution in [3.05, 3.63) is 24.0 Å². The normalized spacial score (nSPS) is 15.6. The number of hydrogen-bond acceptors (Lipinski definition) is 3. The van der Waals surface area contributed by atoms with E-state index in [-0.39, 0.29) is 0 Å². The number of aryl methyl sites for hydroxylation is 1. The van der Waals surface area contributed by atoms with Crippen LogP contribution in [0.4, 0.5) is 13.2 Å². The van der Waals surface area contributed by atoms with E-state index in [2.05, 4.69) is 4.74 Å². The van der Waals surface area contributed by atoms with E-state index in [9.17, 15) is 23.1 Å². The number of methoxy groups -OCH3 is 1. The summed E-state index contributed by atoms with van der Waals surface area (Å²) in [5.74, 6) is -1.76. The second-order valence-corrected chi connectivity index (χ2v) is 3.20. The fourth-order valence-electron chi connectivity index (χ4n) is 1.35. The fraction of sp³-hybridized carbons (Fsp3) is 0.444. The van der Waals surface area contributed by atoms with Crippen LogP contribution in [0, 0.1) is 0 Å². The molecule has 4 nitrogen and oxygen atoms in total. The maximum atomic E-state index is 12.7. The van der Waals surface area contributed by atoms with Gasteiger partial charge in [0.2, 0.25) is 0 Å². The van der Waals surface area contributed by atoms with Crippen LogP contribution in [0.5, 0.6) is 0 Å². The lowest BCUT2D eigenvalue weighted by Crippen LogP contribution is -2.50. The van der Waals surface area contributed by atoms with Crippen molar-refractivity contribution in [3.8, 4) is 0 Å². The Morgan fingerprint density at radius 1 is 1.50 bits per heavy atom. The standard InChI is InChI=1S/C9H10F3NO3/c1-13-5-3-4-6(13)8(15,7(14)16-2)9(10,11)12/h3-5,15H,1-2H3. The van der Waals surface area contributed by atoms with E-state index >= 15 is 0 Å². The minimum atomic E-state index is -5.15. The number of aliphatic hydroxyl groups is 1. The Morgan fingerprint density at radius 3 is 2.38 bits per heavy atom. The predicted octanol–water partition coefficient (Wildman–Crippen LogP) is 0.948. The third-order valence-corrected chi connectivity index (χ3v) is 2.21. The molecular weight excluding hydrogens is 227 g/mol. The molecule has 1 N–H and O–H groups in total.